The monoisotopic (exact) mass is 339 g/mol. The third-order valence-corrected chi connectivity index (χ3v) is 3.33. The van der Waals surface area contributed by atoms with Gasteiger partial charge in [-0.15, -0.1) is 0 Å². The lowest BCUT2D eigenvalue weighted by Crippen LogP contribution is -2.15. The molecule has 1 amide bonds. The number of ether oxygens (including phenoxy) is 2. The number of carbonyl (C=O) groups excluding carboxylic acids is 1. The van der Waals surface area contributed by atoms with Gasteiger partial charge >= 0.3 is 6.18 Å². The molecule has 24 heavy (non-hydrogen) atoms. The minimum Gasteiger partial charge on any atom is -0.497 e. The Kier molecular flexibility index (Phi) is 5.33. The minimum absolute atomic E-state index is 0.0570. The van der Waals surface area contributed by atoms with E-state index in [0.29, 0.717) is 22.7 Å². The number of benzene rings is 2. The molecule has 0 aromatic heterocycles. The quantitative estimate of drug-likeness (QED) is 0.899. The Labute approximate surface area is 137 Å². The predicted molar refractivity (Wildman–Crippen MR) is 83.3 cm³/mol. The predicted octanol–water partition coefficient (Wildman–Crippen LogP) is 3.90. The number of amides is 1. The van der Waals surface area contributed by atoms with Crippen molar-refractivity contribution >= 4 is 11.6 Å². The van der Waals surface area contributed by atoms with Crippen LogP contribution in [-0.4, -0.2) is 20.1 Å². The lowest BCUT2D eigenvalue weighted by Gasteiger charge is -2.12. The van der Waals surface area contributed by atoms with Crippen LogP contribution in [0.4, 0.5) is 18.9 Å². The molecule has 0 heterocycles. The van der Waals surface area contributed by atoms with Gasteiger partial charge in [0.25, 0.3) is 0 Å². The van der Waals surface area contributed by atoms with Crippen LogP contribution in [0.3, 0.4) is 0 Å². The van der Waals surface area contributed by atoms with Crippen molar-refractivity contribution in [2.24, 2.45) is 0 Å². The average Bonchev–Trinajstić information content (AvgIpc) is 2.54. The standard InChI is InChI=1S/C17H16F3NO3/c1-23-13-7-8-15(24-2)14(10-13)21-16(22)9-11-3-5-12(6-4-11)17(18,19)20/h3-8,10H,9H2,1-2H3,(H,21,22). The van der Waals surface area contributed by atoms with Crippen molar-refractivity contribution in [1.82, 2.24) is 0 Å². The van der Waals surface area contributed by atoms with Crippen LogP contribution in [0.25, 0.3) is 0 Å². The number of halogens is 3. The largest absolute Gasteiger partial charge is 0.497 e. The van der Waals surface area contributed by atoms with Crippen LogP contribution in [-0.2, 0) is 17.4 Å². The topological polar surface area (TPSA) is 47.6 Å². The van der Waals surface area contributed by atoms with Crippen molar-refractivity contribution < 1.29 is 27.4 Å². The van der Waals surface area contributed by atoms with Crippen molar-refractivity contribution in [3.63, 3.8) is 0 Å². The summed E-state index contributed by atoms with van der Waals surface area (Å²) in [6, 6.07) is 9.40. The molecule has 2 aromatic carbocycles. The zero-order valence-electron chi connectivity index (χ0n) is 13.1. The molecule has 1 N–H and O–H groups in total. The molecule has 0 bridgehead atoms. The van der Waals surface area contributed by atoms with Crippen molar-refractivity contribution in [3.05, 3.63) is 53.6 Å². The van der Waals surface area contributed by atoms with Gasteiger partial charge in [-0.2, -0.15) is 13.2 Å². The second kappa shape index (κ2) is 7.25. The van der Waals surface area contributed by atoms with Gasteiger partial charge in [0.05, 0.1) is 31.9 Å². The van der Waals surface area contributed by atoms with Gasteiger partial charge in [-0.05, 0) is 29.8 Å². The number of rotatable bonds is 5. The fourth-order valence-electron chi connectivity index (χ4n) is 2.10. The van der Waals surface area contributed by atoms with E-state index in [1.54, 1.807) is 18.2 Å². The molecular formula is C17H16F3NO3. The van der Waals surface area contributed by atoms with Gasteiger partial charge < -0.3 is 14.8 Å². The van der Waals surface area contributed by atoms with Crippen molar-refractivity contribution in [2.45, 2.75) is 12.6 Å². The second-order valence-electron chi connectivity index (χ2n) is 4.99. The third-order valence-electron chi connectivity index (χ3n) is 3.33. The van der Waals surface area contributed by atoms with Gasteiger partial charge in [0, 0.05) is 6.07 Å². The summed E-state index contributed by atoms with van der Waals surface area (Å²) in [6.07, 6.45) is -4.45. The number of nitrogens with one attached hydrogen (secondary N) is 1. The van der Waals surface area contributed by atoms with E-state index in [0.717, 1.165) is 12.1 Å². The van der Waals surface area contributed by atoms with Gasteiger partial charge in [-0.1, -0.05) is 12.1 Å². The maximum absolute atomic E-state index is 12.5. The highest BCUT2D eigenvalue weighted by atomic mass is 19.4. The number of alkyl halides is 3. The van der Waals surface area contributed by atoms with Gasteiger partial charge in [0.15, 0.2) is 0 Å². The van der Waals surface area contributed by atoms with Crippen molar-refractivity contribution in [1.29, 1.82) is 0 Å². The summed E-state index contributed by atoms with van der Waals surface area (Å²) in [7, 11) is 2.96. The zero-order chi connectivity index (χ0) is 17.7. The second-order valence-corrected chi connectivity index (χ2v) is 4.99. The van der Waals surface area contributed by atoms with Crippen LogP contribution in [0.5, 0.6) is 11.5 Å². The van der Waals surface area contributed by atoms with Crippen LogP contribution in [0.15, 0.2) is 42.5 Å². The van der Waals surface area contributed by atoms with Crippen LogP contribution >= 0.6 is 0 Å². The highest BCUT2D eigenvalue weighted by Gasteiger charge is 2.29. The molecule has 0 aliphatic carbocycles. The molecule has 2 aromatic rings. The van der Waals surface area contributed by atoms with Crippen molar-refractivity contribution in [3.8, 4) is 11.5 Å². The Balaban J connectivity index is 2.08. The van der Waals surface area contributed by atoms with E-state index in [2.05, 4.69) is 5.32 Å². The Bertz CT molecular complexity index is 712. The van der Waals surface area contributed by atoms with E-state index in [9.17, 15) is 18.0 Å². The summed E-state index contributed by atoms with van der Waals surface area (Å²) in [5, 5.41) is 2.66. The molecule has 7 heteroatoms. The van der Waals surface area contributed by atoms with E-state index < -0.39 is 11.7 Å². The first-order chi connectivity index (χ1) is 11.3. The van der Waals surface area contributed by atoms with Crippen molar-refractivity contribution in [2.75, 3.05) is 19.5 Å². The smallest absolute Gasteiger partial charge is 0.416 e. The summed E-state index contributed by atoms with van der Waals surface area (Å²) < 4.78 is 47.8. The molecular weight excluding hydrogens is 323 g/mol. The van der Waals surface area contributed by atoms with Crippen LogP contribution in [0, 0.1) is 0 Å². The molecule has 0 atom stereocenters. The number of methoxy groups -OCH3 is 2. The third kappa shape index (κ3) is 4.41. The van der Waals surface area contributed by atoms with E-state index in [-0.39, 0.29) is 12.3 Å². The summed E-state index contributed by atoms with van der Waals surface area (Å²) in [5.41, 5.74) is 0.150. The molecule has 0 saturated heterocycles. The average molecular weight is 339 g/mol. The van der Waals surface area contributed by atoms with E-state index in [4.69, 9.17) is 9.47 Å². The Hall–Kier alpha value is -2.70. The van der Waals surface area contributed by atoms with Crippen LogP contribution < -0.4 is 14.8 Å². The summed E-state index contributed by atoms with van der Waals surface area (Å²) in [6.45, 7) is 0. The van der Waals surface area contributed by atoms with E-state index in [1.807, 2.05) is 0 Å². The summed E-state index contributed by atoms with van der Waals surface area (Å²) in [5.74, 6) is 0.624. The molecule has 128 valence electrons. The maximum atomic E-state index is 12.5. The molecule has 4 nitrogen and oxygen atoms in total. The first kappa shape index (κ1) is 17.7. The zero-order valence-corrected chi connectivity index (χ0v) is 13.1. The molecule has 0 unspecified atom stereocenters. The van der Waals surface area contributed by atoms with Gasteiger partial charge in [-0.25, -0.2) is 0 Å². The van der Waals surface area contributed by atoms with E-state index >= 15 is 0 Å². The molecule has 0 saturated carbocycles. The number of anilines is 1. The van der Waals surface area contributed by atoms with E-state index in [1.165, 1.54) is 26.4 Å². The molecule has 0 aliphatic heterocycles. The molecule has 0 fully saturated rings. The fourth-order valence-corrected chi connectivity index (χ4v) is 2.10. The lowest BCUT2D eigenvalue weighted by atomic mass is 10.1. The number of hydrogen-bond donors (Lipinski definition) is 1. The fraction of sp³-hybridized carbons (Fsp3) is 0.235. The first-order valence-corrected chi connectivity index (χ1v) is 7.01. The lowest BCUT2D eigenvalue weighted by molar-refractivity contribution is -0.137. The molecule has 0 aliphatic rings. The highest BCUT2D eigenvalue weighted by molar-refractivity contribution is 5.94. The highest BCUT2D eigenvalue weighted by Crippen LogP contribution is 2.30. The molecule has 2 rings (SSSR count). The Morgan fingerprint density at radius 1 is 1.04 bits per heavy atom. The number of carbonyl (C=O) groups is 1. The summed E-state index contributed by atoms with van der Waals surface area (Å²) >= 11 is 0. The molecule has 0 radical (unpaired) electrons. The van der Waals surface area contributed by atoms with Crippen LogP contribution in [0.1, 0.15) is 11.1 Å². The number of hydrogen-bond acceptors (Lipinski definition) is 3. The van der Waals surface area contributed by atoms with Gasteiger partial charge in [0.2, 0.25) is 5.91 Å². The minimum atomic E-state index is -4.39. The maximum Gasteiger partial charge on any atom is 0.416 e. The Morgan fingerprint density at radius 2 is 1.71 bits per heavy atom. The normalized spacial score (nSPS) is 11.0. The summed E-state index contributed by atoms with van der Waals surface area (Å²) in [4.78, 5) is 12.1. The Morgan fingerprint density at radius 3 is 2.25 bits per heavy atom. The van der Waals surface area contributed by atoms with Crippen LogP contribution in [0.2, 0.25) is 0 Å². The van der Waals surface area contributed by atoms with Gasteiger partial charge in [0.1, 0.15) is 11.5 Å². The van der Waals surface area contributed by atoms with Gasteiger partial charge in [-0.3, -0.25) is 4.79 Å². The first-order valence-electron chi connectivity index (χ1n) is 7.01. The molecule has 0 spiro atoms. The SMILES string of the molecule is COc1ccc(OC)c(NC(=O)Cc2ccc(C(F)(F)F)cc2)c1.